The van der Waals surface area contributed by atoms with E-state index in [1.165, 1.54) is 0 Å². The normalized spacial score (nSPS) is 16.7. The van der Waals surface area contributed by atoms with E-state index in [9.17, 15) is 9.59 Å². The molecular formula is C18H19N5O3. The number of hydrogen-bond donors (Lipinski definition) is 3. The molecule has 0 amide bonds. The first-order chi connectivity index (χ1) is 12.6. The summed E-state index contributed by atoms with van der Waals surface area (Å²) in [7, 11) is 0. The number of aromatic nitrogens is 3. The minimum atomic E-state index is -0.563. The summed E-state index contributed by atoms with van der Waals surface area (Å²) in [6, 6.07) is 9.23. The van der Waals surface area contributed by atoms with Gasteiger partial charge in [0, 0.05) is 24.0 Å². The predicted molar refractivity (Wildman–Crippen MR) is 97.5 cm³/mol. The van der Waals surface area contributed by atoms with Crippen LogP contribution in [0.15, 0.2) is 35.1 Å². The van der Waals surface area contributed by atoms with Gasteiger partial charge in [-0.2, -0.15) is 4.98 Å². The van der Waals surface area contributed by atoms with Crippen molar-refractivity contribution in [3.63, 3.8) is 0 Å². The molecule has 2 aromatic heterocycles. The Morgan fingerprint density at radius 3 is 3.04 bits per heavy atom. The second-order valence-electron chi connectivity index (χ2n) is 6.12. The summed E-state index contributed by atoms with van der Waals surface area (Å²) in [5, 5.41) is 4.31. The Bertz CT molecular complexity index is 1050. The fraction of sp³-hybridized carbons (Fsp3) is 0.278. The summed E-state index contributed by atoms with van der Waals surface area (Å²) in [6.45, 7) is 2.70. The number of H-pyrrole nitrogens is 1. The number of para-hydroxylation sites is 1. The summed E-state index contributed by atoms with van der Waals surface area (Å²) >= 11 is 0. The van der Waals surface area contributed by atoms with Crippen molar-refractivity contribution in [2.24, 2.45) is 0 Å². The number of nitrogens with one attached hydrogen (secondary N) is 2. The Labute approximate surface area is 149 Å². The van der Waals surface area contributed by atoms with Crippen LogP contribution in [0, 0.1) is 0 Å². The molecule has 1 aliphatic heterocycles. The van der Waals surface area contributed by atoms with Crippen molar-refractivity contribution in [1.82, 2.24) is 19.9 Å². The third kappa shape index (κ3) is 2.55. The van der Waals surface area contributed by atoms with E-state index in [1.54, 1.807) is 4.57 Å². The first kappa shape index (κ1) is 16.3. The van der Waals surface area contributed by atoms with Crippen LogP contribution in [0.25, 0.3) is 10.9 Å². The number of hydrogen-bond acceptors (Lipinski definition) is 6. The highest BCUT2D eigenvalue weighted by molar-refractivity contribution is 5.94. The van der Waals surface area contributed by atoms with Crippen LogP contribution in [0.1, 0.15) is 35.4 Å². The van der Waals surface area contributed by atoms with Gasteiger partial charge in [-0.1, -0.05) is 25.1 Å². The van der Waals surface area contributed by atoms with Crippen molar-refractivity contribution >= 4 is 22.6 Å². The summed E-state index contributed by atoms with van der Waals surface area (Å²) in [5.41, 5.74) is 7.63. The quantitative estimate of drug-likeness (QED) is 0.642. The molecule has 0 spiro atoms. The lowest BCUT2D eigenvalue weighted by molar-refractivity contribution is 0.0910. The van der Waals surface area contributed by atoms with Gasteiger partial charge >= 0.3 is 5.69 Å². The van der Waals surface area contributed by atoms with Crippen LogP contribution in [0.2, 0.25) is 0 Å². The molecule has 134 valence electrons. The fourth-order valence-electron chi connectivity index (χ4n) is 3.40. The van der Waals surface area contributed by atoms with Gasteiger partial charge in [0.2, 0.25) is 11.8 Å². The average Bonchev–Trinajstić information content (AvgIpc) is 2.88. The van der Waals surface area contributed by atoms with Crippen molar-refractivity contribution in [2.75, 3.05) is 18.9 Å². The van der Waals surface area contributed by atoms with E-state index in [-0.39, 0.29) is 17.6 Å². The van der Waals surface area contributed by atoms with E-state index >= 15 is 0 Å². The number of rotatable bonds is 2. The molecule has 3 heterocycles. The van der Waals surface area contributed by atoms with E-state index in [0.29, 0.717) is 25.1 Å². The zero-order valence-electron chi connectivity index (χ0n) is 14.3. The van der Waals surface area contributed by atoms with E-state index in [4.69, 9.17) is 10.5 Å². The minimum absolute atomic E-state index is 0.0225. The summed E-state index contributed by atoms with van der Waals surface area (Å²) in [4.78, 5) is 30.8. The molecule has 4 rings (SSSR count). The molecule has 26 heavy (non-hydrogen) atoms. The van der Waals surface area contributed by atoms with Gasteiger partial charge in [-0.3, -0.25) is 14.3 Å². The molecule has 0 aliphatic carbocycles. The Kier molecular flexibility index (Phi) is 3.96. The van der Waals surface area contributed by atoms with Crippen molar-refractivity contribution in [3.8, 4) is 5.88 Å². The fourth-order valence-corrected chi connectivity index (χ4v) is 3.40. The maximum Gasteiger partial charge on any atom is 0.349 e. The molecule has 8 heteroatoms. The maximum atomic E-state index is 12.7. The molecule has 1 atom stereocenters. The average molecular weight is 353 g/mol. The van der Waals surface area contributed by atoms with Crippen LogP contribution >= 0.6 is 0 Å². The van der Waals surface area contributed by atoms with Gasteiger partial charge < -0.3 is 15.8 Å². The highest BCUT2D eigenvalue weighted by Crippen LogP contribution is 2.35. The number of benzene rings is 1. The zero-order chi connectivity index (χ0) is 18.3. The molecule has 0 radical (unpaired) electrons. The number of carbonyl (C=O) groups is 1. The lowest BCUT2D eigenvalue weighted by Gasteiger charge is -2.20. The van der Waals surface area contributed by atoms with Gasteiger partial charge in [0.05, 0.1) is 17.1 Å². The zero-order valence-corrected chi connectivity index (χ0v) is 14.3. The highest BCUT2D eigenvalue weighted by Gasteiger charge is 2.30. The van der Waals surface area contributed by atoms with Crippen LogP contribution in [-0.4, -0.2) is 33.6 Å². The van der Waals surface area contributed by atoms with Crippen molar-refractivity contribution < 1.29 is 9.53 Å². The van der Waals surface area contributed by atoms with E-state index in [0.717, 1.165) is 16.6 Å². The Balaban J connectivity index is 1.99. The molecule has 8 nitrogen and oxygen atoms in total. The minimum Gasteiger partial charge on any atom is -0.476 e. The third-order valence-electron chi connectivity index (χ3n) is 4.53. The Morgan fingerprint density at radius 1 is 1.42 bits per heavy atom. The van der Waals surface area contributed by atoms with E-state index in [2.05, 4.69) is 15.3 Å². The molecule has 0 saturated heterocycles. The maximum absolute atomic E-state index is 12.7. The van der Waals surface area contributed by atoms with Crippen LogP contribution in [0.5, 0.6) is 5.88 Å². The standard InChI is InChI=1S/C18H19N5O3/c1-2-13(24)23-11-6-4-3-5-10(11)9-12(23)15-14-16(19)21-18(25)22-17(14)26-8-7-20-15/h3-6,9,15,20H,2,7-8H2,1H3,(H3,19,21,22,25). The van der Waals surface area contributed by atoms with Crippen molar-refractivity contribution in [3.05, 3.63) is 52.1 Å². The van der Waals surface area contributed by atoms with Gasteiger partial charge in [0.15, 0.2) is 0 Å². The first-order valence-electron chi connectivity index (χ1n) is 8.49. The van der Waals surface area contributed by atoms with Crippen LogP contribution in [-0.2, 0) is 0 Å². The molecule has 0 saturated carbocycles. The van der Waals surface area contributed by atoms with Crippen LogP contribution < -0.4 is 21.5 Å². The number of aromatic amines is 1. The molecule has 1 unspecified atom stereocenters. The van der Waals surface area contributed by atoms with Gasteiger partial charge in [0.25, 0.3) is 0 Å². The van der Waals surface area contributed by atoms with Gasteiger partial charge in [-0.15, -0.1) is 0 Å². The van der Waals surface area contributed by atoms with Crippen molar-refractivity contribution in [1.29, 1.82) is 0 Å². The third-order valence-corrected chi connectivity index (χ3v) is 4.53. The number of ether oxygens (including phenoxy) is 1. The van der Waals surface area contributed by atoms with Crippen LogP contribution in [0.4, 0.5) is 5.82 Å². The highest BCUT2D eigenvalue weighted by atomic mass is 16.5. The van der Waals surface area contributed by atoms with Crippen molar-refractivity contribution in [2.45, 2.75) is 19.4 Å². The number of fused-ring (bicyclic) bond motifs is 2. The smallest absolute Gasteiger partial charge is 0.349 e. The van der Waals surface area contributed by atoms with Gasteiger partial charge in [-0.05, 0) is 12.1 Å². The van der Waals surface area contributed by atoms with E-state index < -0.39 is 11.7 Å². The second-order valence-corrected chi connectivity index (χ2v) is 6.12. The number of nitrogens with two attached hydrogens (primary N) is 1. The molecule has 3 aromatic rings. The number of carbonyl (C=O) groups excluding carboxylic acids is 1. The largest absolute Gasteiger partial charge is 0.476 e. The summed E-state index contributed by atoms with van der Waals surface area (Å²) in [5.74, 6) is 0.354. The van der Waals surface area contributed by atoms with E-state index in [1.807, 2.05) is 37.3 Å². The molecule has 1 aliphatic rings. The Hall–Kier alpha value is -3.13. The van der Waals surface area contributed by atoms with Crippen LogP contribution in [0.3, 0.4) is 0 Å². The molecule has 4 N–H and O–H groups in total. The molecule has 1 aromatic carbocycles. The lowest BCUT2D eigenvalue weighted by atomic mass is 10.0. The van der Waals surface area contributed by atoms with Gasteiger partial charge in [-0.25, -0.2) is 4.79 Å². The summed E-state index contributed by atoms with van der Waals surface area (Å²) < 4.78 is 7.30. The Morgan fingerprint density at radius 2 is 2.23 bits per heavy atom. The van der Waals surface area contributed by atoms with Gasteiger partial charge in [0.1, 0.15) is 12.4 Å². The predicted octanol–water partition coefficient (Wildman–Crippen LogP) is 1.43. The number of nitrogens with zero attached hydrogens (tertiary/aromatic N) is 2. The number of anilines is 1. The number of nitrogen functional groups attached to an aromatic ring is 1. The molecule has 0 bridgehead atoms. The second kappa shape index (κ2) is 6.30. The molecular weight excluding hydrogens is 334 g/mol. The summed E-state index contributed by atoms with van der Waals surface area (Å²) in [6.07, 6.45) is 0.362. The SMILES string of the molecule is CCC(=O)n1c(C2NCCOc3nc(=O)[nH]c(N)c32)cc2ccccc21. The first-order valence-corrected chi connectivity index (χ1v) is 8.49. The monoisotopic (exact) mass is 353 g/mol. The molecule has 0 fully saturated rings. The topological polar surface area (TPSA) is 115 Å². The lowest BCUT2D eigenvalue weighted by Crippen LogP contribution is -2.28.